The second-order valence-corrected chi connectivity index (χ2v) is 6.75. The van der Waals surface area contributed by atoms with Crippen molar-refractivity contribution in [1.29, 1.82) is 0 Å². The second-order valence-electron chi connectivity index (χ2n) is 6.75. The Morgan fingerprint density at radius 3 is 2.88 bits per heavy atom. The molecule has 5 nitrogen and oxygen atoms in total. The van der Waals surface area contributed by atoms with Gasteiger partial charge in [-0.1, -0.05) is 18.2 Å². The molecule has 2 amide bonds. The molecule has 2 fully saturated rings. The minimum Gasteiger partial charge on any atom is -0.375 e. The molecule has 2 heterocycles. The molecule has 2 aliphatic rings. The molecule has 6 heteroatoms. The Hall–Kier alpha value is -1.95. The number of amides is 2. The van der Waals surface area contributed by atoms with Gasteiger partial charge in [0.25, 0.3) is 0 Å². The molecule has 0 bridgehead atoms. The van der Waals surface area contributed by atoms with E-state index in [2.05, 4.69) is 0 Å². The van der Waals surface area contributed by atoms with E-state index in [0.717, 1.165) is 0 Å². The number of piperidine rings is 1. The maximum Gasteiger partial charge on any atom is 0.248 e. The zero-order valence-corrected chi connectivity index (χ0v) is 14.1. The standard InChI is InChI=1S/C18H23FN2O3/c1-18-9-10-20(17(23)12-24-2)15(18)7-8-16(22)21(18)11-13-5-3-4-6-14(13)19/h3-6,15H,7-12H2,1-2H3/t15-,18-/m0/s1. The molecule has 130 valence electrons. The lowest BCUT2D eigenvalue weighted by molar-refractivity contribution is -0.149. The third-order valence-corrected chi connectivity index (χ3v) is 5.38. The quantitative estimate of drug-likeness (QED) is 0.846. The predicted octanol–water partition coefficient (Wildman–Crippen LogP) is 1.95. The highest BCUT2D eigenvalue weighted by atomic mass is 19.1. The summed E-state index contributed by atoms with van der Waals surface area (Å²) < 4.78 is 19.0. The van der Waals surface area contributed by atoms with Gasteiger partial charge in [-0.15, -0.1) is 0 Å². The summed E-state index contributed by atoms with van der Waals surface area (Å²) >= 11 is 0. The van der Waals surface area contributed by atoms with E-state index >= 15 is 0 Å². The smallest absolute Gasteiger partial charge is 0.248 e. The summed E-state index contributed by atoms with van der Waals surface area (Å²) in [5, 5.41) is 0. The van der Waals surface area contributed by atoms with Crippen LogP contribution in [0.15, 0.2) is 24.3 Å². The molecule has 1 aromatic rings. The fourth-order valence-electron chi connectivity index (χ4n) is 4.04. The highest BCUT2D eigenvalue weighted by Crippen LogP contribution is 2.41. The molecule has 0 aromatic heterocycles. The van der Waals surface area contributed by atoms with Crippen molar-refractivity contribution in [2.24, 2.45) is 0 Å². The maximum atomic E-state index is 14.0. The fourth-order valence-corrected chi connectivity index (χ4v) is 4.04. The van der Waals surface area contributed by atoms with Crippen molar-refractivity contribution in [3.05, 3.63) is 35.6 Å². The number of hydrogen-bond acceptors (Lipinski definition) is 3. The van der Waals surface area contributed by atoms with E-state index in [-0.39, 0.29) is 36.8 Å². The van der Waals surface area contributed by atoms with Gasteiger partial charge in [-0.25, -0.2) is 4.39 Å². The van der Waals surface area contributed by atoms with Crippen LogP contribution in [0.4, 0.5) is 4.39 Å². The lowest BCUT2D eigenvalue weighted by Crippen LogP contribution is -2.60. The third kappa shape index (κ3) is 2.79. The topological polar surface area (TPSA) is 49.9 Å². The van der Waals surface area contributed by atoms with Crippen LogP contribution >= 0.6 is 0 Å². The highest BCUT2D eigenvalue weighted by molar-refractivity contribution is 5.81. The molecule has 0 spiro atoms. The van der Waals surface area contributed by atoms with Gasteiger partial charge in [-0.05, 0) is 25.8 Å². The first kappa shape index (κ1) is 16.9. The first-order valence-corrected chi connectivity index (χ1v) is 8.29. The number of fused-ring (bicyclic) bond motifs is 1. The van der Waals surface area contributed by atoms with Crippen molar-refractivity contribution in [2.75, 3.05) is 20.3 Å². The summed E-state index contributed by atoms with van der Waals surface area (Å²) in [4.78, 5) is 28.4. The van der Waals surface area contributed by atoms with E-state index in [4.69, 9.17) is 4.74 Å². The average Bonchev–Trinajstić information content (AvgIpc) is 2.90. The van der Waals surface area contributed by atoms with Crippen molar-refractivity contribution in [1.82, 2.24) is 9.80 Å². The van der Waals surface area contributed by atoms with E-state index < -0.39 is 5.54 Å². The SMILES string of the molecule is COCC(=O)N1CC[C@@]2(C)[C@@H]1CCC(=O)N2Cc1ccccc1F. The van der Waals surface area contributed by atoms with Gasteiger partial charge in [0.1, 0.15) is 12.4 Å². The van der Waals surface area contributed by atoms with E-state index in [9.17, 15) is 14.0 Å². The Morgan fingerprint density at radius 1 is 1.42 bits per heavy atom. The molecule has 1 aromatic carbocycles. The zero-order valence-electron chi connectivity index (χ0n) is 14.1. The van der Waals surface area contributed by atoms with Gasteiger partial charge in [0.2, 0.25) is 11.8 Å². The number of nitrogens with zero attached hydrogens (tertiary/aromatic N) is 2. The Kier molecular flexibility index (Phi) is 4.58. The van der Waals surface area contributed by atoms with Gasteiger partial charge in [0.05, 0.1) is 11.6 Å². The fraction of sp³-hybridized carbons (Fsp3) is 0.556. The molecule has 0 unspecified atom stereocenters. The number of carbonyl (C=O) groups excluding carboxylic acids is 2. The number of benzene rings is 1. The summed E-state index contributed by atoms with van der Waals surface area (Å²) in [7, 11) is 1.50. The second kappa shape index (κ2) is 6.51. The van der Waals surface area contributed by atoms with Crippen molar-refractivity contribution in [2.45, 2.75) is 44.3 Å². The summed E-state index contributed by atoms with van der Waals surface area (Å²) in [5.74, 6) is -0.328. The van der Waals surface area contributed by atoms with Crippen molar-refractivity contribution in [3.8, 4) is 0 Å². The maximum absolute atomic E-state index is 14.0. The van der Waals surface area contributed by atoms with Gasteiger partial charge in [-0.3, -0.25) is 9.59 Å². The minimum absolute atomic E-state index is 0.0260. The number of halogens is 1. The zero-order chi connectivity index (χ0) is 17.3. The summed E-state index contributed by atoms with van der Waals surface area (Å²) in [6.45, 7) is 2.90. The number of methoxy groups -OCH3 is 1. The number of hydrogen-bond donors (Lipinski definition) is 0. The van der Waals surface area contributed by atoms with Gasteiger partial charge in [-0.2, -0.15) is 0 Å². The van der Waals surface area contributed by atoms with Gasteiger partial charge in [0.15, 0.2) is 0 Å². The highest BCUT2D eigenvalue weighted by Gasteiger charge is 2.53. The molecular formula is C18H23FN2O3. The molecule has 0 saturated carbocycles. The van der Waals surface area contributed by atoms with Crippen molar-refractivity contribution < 1.29 is 18.7 Å². The first-order valence-electron chi connectivity index (χ1n) is 8.29. The lowest BCUT2D eigenvalue weighted by atomic mass is 9.83. The summed E-state index contributed by atoms with van der Waals surface area (Å²) in [5.41, 5.74) is 0.0514. The molecule has 0 N–H and O–H groups in total. The average molecular weight is 334 g/mol. The predicted molar refractivity (Wildman–Crippen MR) is 86.6 cm³/mol. The molecule has 0 aliphatic carbocycles. The Bertz CT molecular complexity index is 651. The van der Waals surface area contributed by atoms with Crippen LogP contribution in [-0.2, 0) is 20.9 Å². The Morgan fingerprint density at radius 2 is 2.17 bits per heavy atom. The molecule has 3 rings (SSSR count). The van der Waals surface area contributed by atoms with Crippen LogP contribution < -0.4 is 0 Å². The molecule has 24 heavy (non-hydrogen) atoms. The van der Waals surface area contributed by atoms with Crippen LogP contribution in [-0.4, -0.2) is 53.5 Å². The summed E-state index contributed by atoms with van der Waals surface area (Å²) in [6, 6.07) is 6.49. The molecule has 0 radical (unpaired) electrons. The number of ether oxygens (including phenoxy) is 1. The summed E-state index contributed by atoms with van der Waals surface area (Å²) in [6.07, 6.45) is 1.73. The number of carbonyl (C=O) groups is 2. The largest absolute Gasteiger partial charge is 0.375 e. The molecule has 2 saturated heterocycles. The van der Waals surface area contributed by atoms with Crippen LogP contribution in [0.2, 0.25) is 0 Å². The van der Waals surface area contributed by atoms with E-state index in [1.807, 2.05) is 11.8 Å². The minimum atomic E-state index is -0.457. The van der Waals surface area contributed by atoms with Crippen LogP contribution in [0.25, 0.3) is 0 Å². The van der Waals surface area contributed by atoms with E-state index in [1.54, 1.807) is 23.1 Å². The Labute approximate surface area is 141 Å². The lowest BCUT2D eigenvalue weighted by Gasteiger charge is -2.47. The van der Waals surface area contributed by atoms with Crippen LogP contribution in [0, 0.1) is 5.82 Å². The molecule has 2 atom stereocenters. The van der Waals surface area contributed by atoms with Gasteiger partial charge in [0, 0.05) is 32.2 Å². The van der Waals surface area contributed by atoms with Gasteiger partial charge < -0.3 is 14.5 Å². The Balaban J connectivity index is 1.86. The molecular weight excluding hydrogens is 311 g/mol. The monoisotopic (exact) mass is 334 g/mol. The first-order chi connectivity index (χ1) is 11.5. The third-order valence-electron chi connectivity index (χ3n) is 5.38. The van der Waals surface area contributed by atoms with Crippen molar-refractivity contribution in [3.63, 3.8) is 0 Å². The normalized spacial score (nSPS) is 26.6. The van der Waals surface area contributed by atoms with E-state index in [0.29, 0.717) is 31.4 Å². The van der Waals surface area contributed by atoms with Crippen molar-refractivity contribution >= 4 is 11.8 Å². The number of rotatable bonds is 4. The van der Waals surface area contributed by atoms with Gasteiger partial charge >= 0.3 is 0 Å². The van der Waals surface area contributed by atoms with Crippen LogP contribution in [0.1, 0.15) is 31.7 Å². The van der Waals surface area contributed by atoms with E-state index in [1.165, 1.54) is 13.2 Å². The number of likely N-dealkylation sites (tertiary alicyclic amines) is 2. The van der Waals surface area contributed by atoms with Crippen LogP contribution in [0.3, 0.4) is 0 Å². The van der Waals surface area contributed by atoms with Crippen LogP contribution in [0.5, 0.6) is 0 Å². The molecule has 2 aliphatic heterocycles.